The summed E-state index contributed by atoms with van der Waals surface area (Å²) < 4.78 is 5.17. The number of nitrogens with zero attached hydrogens (tertiary/aromatic N) is 1. The van der Waals surface area contributed by atoms with Gasteiger partial charge in [0.15, 0.2) is 0 Å². The fraction of sp³-hybridized carbons (Fsp3) is 0.150. The molecule has 0 spiro atoms. The van der Waals surface area contributed by atoms with Gasteiger partial charge in [-0.15, -0.1) is 0 Å². The molecule has 0 saturated carbocycles. The van der Waals surface area contributed by atoms with E-state index in [9.17, 15) is 29.1 Å². The Kier molecular flexibility index (Phi) is 6.96. The van der Waals surface area contributed by atoms with E-state index in [0.717, 1.165) is 26.0 Å². The zero-order valence-electron chi connectivity index (χ0n) is 15.7. The lowest BCUT2D eigenvalue weighted by Gasteiger charge is -2.31. The van der Waals surface area contributed by atoms with Gasteiger partial charge in [0.1, 0.15) is 0 Å². The van der Waals surface area contributed by atoms with Gasteiger partial charge in [0.25, 0.3) is 5.91 Å². The van der Waals surface area contributed by atoms with Crippen molar-refractivity contribution in [3.05, 3.63) is 69.7 Å². The Hall–Kier alpha value is -3.23. The van der Waals surface area contributed by atoms with Gasteiger partial charge in [-0.3, -0.25) is 14.4 Å². The Balaban J connectivity index is 2.76. The first-order chi connectivity index (χ1) is 14.0. The van der Waals surface area contributed by atoms with Crippen LogP contribution < -0.4 is 0 Å². The molecule has 2 rings (SSSR count). The van der Waals surface area contributed by atoms with Crippen molar-refractivity contribution in [1.82, 2.24) is 4.90 Å². The highest BCUT2D eigenvalue weighted by molar-refractivity contribution is 6.42. The second-order valence-electron chi connectivity index (χ2n) is 6.05. The molecule has 0 radical (unpaired) electrons. The van der Waals surface area contributed by atoms with Crippen molar-refractivity contribution >= 4 is 52.9 Å². The Labute approximate surface area is 180 Å². The highest BCUT2D eigenvalue weighted by Gasteiger charge is 2.56. The number of hydrogen-bond acceptors (Lipinski definition) is 6. The molecule has 1 unspecified atom stereocenters. The molecule has 30 heavy (non-hydrogen) atoms. The molecule has 1 atom stereocenters. The molecule has 2 aromatic carbocycles. The molecule has 0 aliphatic heterocycles. The first-order valence-electron chi connectivity index (χ1n) is 8.35. The van der Waals surface area contributed by atoms with Gasteiger partial charge >= 0.3 is 17.5 Å². The summed E-state index contributed by atoms with van der Waals surface area (Å²) in [5.74, 6) is -6.83. The highest BCUT2D eigenvalue weighted by atomic mass is 35.5. The van der Waals surface area contributed by atoms with E-state index in [1.807, 2.05) is 0 Å². The number of ether oxygens (including phenoxy) is 1. The molecule has 8 nitrogen and oxygen atoms in total. The fourth-order valence-corrected chi connectivity index (χ4v) is 2.94. The molecular weight excluding hydrogens is 437 g/mol. The molecule has 0 heterocycles. The first-order valence-corrected chi connectivity index (χ1v) is 9.11. The van der Waals surface area contributed by atoms with E-state index in [-0.39, 0.29) is 20.5 Å². The van der Waals surface area contributed by atoms with Crippen LogP contribution in [0.4, 0.5) is 0 Å². The van der Waals surface area contributed by atoms with Gasteiger partial charge < -0.3 is 9.84 Å². The Morgan fingerprint density at radius 2 is 1.47 bits per heavy atom. The van der Waals surface area contributed by atoms with Crippen molar-refractivity contribution in [3.63, 3.8) is 0 Å². The van der Waals surface area contributed by atoms with Gasteiger partial charge in [0.05, 0.1) is 15.6 Å². The van der Waals surface area contributed by atoms with Gasteiger partial charge in [0.2, 0.25) is 11.8 Å². The Bertz CT molecular complexity index is 1020. The first kappa shape index (κ1) is 23.1. The van der Waals surface area contributed by atoms with Gasteiger partial charge in [0, 0.05) is 19.4 Å². The van der Waals surface area contributed by atoms with E-state index in [4.69, 9.17) is 27.9 Å². The smallest absolute Gasteiger partial charge is 0.363 e. The SMILES string of the molecule is CC(=O)N(C(C)=O)C(=O)C(OC(=O)c1ccccc1)(C(=O)O)c1ccc(Cl)c(Cl)c1. The van der Waals surface area contributed by atoms with Crippen LogP contribution in [0, 0.1) is 0 Å². The third-order valence-corrected chi connectivity index (χ3v) is 4.76. The lowest BCUT2D eigenvalue weighted by atomic mass is 9.91. The number of halogens is 2. The third-order valence-electron chi connectivity index (χ3n) is 4.02. The lowest BCUT2D eigenvalue weighted by Crippen LogP contribution is -2.57. The Morgan fingerprint density at radius 3 is 1.93 bits per heavy atom. The number of carbonyl (C=O) groups excluding carboxylic acids is 4. The zero-order valence-corrected chi connectivity index (χ0v) is 17.2. The molecule has 0 bridgehead atoms. The summed E-state index contributed by atoms with van der Waals surface area (Å²) in [6, 6.07) is 10.6. The third kappa shape index (κ3) is 4.34. The number of benzene rings is 2. The number of esters is 1. The number of imide groups is 3. The van der Waals surface area contributed by atoms with Crippen molar-refractivity contribution in [2.75, 3.05) is 0 Å². The van der Waals surface area contributed by atoms with Gasteiger partial charge in [-0.1, -0.05) is 47.5 Å². The predicted molar refractivity (Wildman–Crippen MR) is 106 cm³/mol. The van der Waals surface area contributed by atoms with Crippen molar-refractivity contribution in [2.45, 2.75) is 19.4 Å². The summed E-state index contributed by atoms with van der Waals surface area (Å²) in [5.41, 5.74) is -3.56. The number of amides is 3. The van der Waals surface area contributed by atoms with Crippen LogP contribution >= 0.6 is 23.2 Å². The monoisotopic (exact) mass is 451 g/mol. The quantitative estimate of drug-likeness (QED) is 0.547. The number of hydrogen-bond donors (Lipinski definition) is 1. The van der Waals surface area contributed by atoms with E-state index in [0.29, 0.717) is 0 Å². The second-order valence-corrected chi connectivity index (χ2v) is 6.86. The van der Waals surface area contributed by atoms with Crippen LogP contribution in [0.15, 0.2) is 48.5 Å². The van der Waals surface area contributed by atoms with Crippen LogP contribution in [0.3, 0.4) is 0 Å². The van der Waals surface area contributed by atoms with E-state index >= 15 is 0 Å². The highest BCUT2D eigenvalue weighted by Crippen LogP contribution is 2.34. The summed E-state index contributed by atoms with van der Waals surface area (Å²) in [7, 11) is 0. The molecule has 0 aromatic heterocycles. The molecule has 0 aliphatic rings. The standard InChI is InChI=1S/C20H15Cl2NO7/c1-11(24)23(12(2)25)18(27)20(19(28)29,14-8-9-15(21)16(22)10-14)30-17(26)13-6-4-3-5-7-13/h3-10H,1-2H3,(H,28,29). The Morgan fingerprint density at radius 1 is 0.900 bits per heavy atom. The number of carboxylic acids is 1. The van der Waals surface area contributed by atoms with E-state index in [1.54, 1.807) is 6.07 Å². The molecule has 0 fully saturated rings. The van der Waals surface area contributed by atoms with Crippen molar-refractivity contribution in [3.8, 4) is 0 Å². The normalized spacial score (nSPS) is 12.4. The van der Waals surface area contributed by atoms with Crippen molar-refractivity contribution < 1.29 is 33.8 Å². The van der Waals surface area contributed by atoms with Crippen molar-refractivity contribution in [2.24, 2.45) is 0 Å². The van der Waals surface area contributed by atoms with Gasteiger partial charge in [-0.25, -0.2) is 14.5 Å². The maximum Gasteiger partial charge on any atom is 0.363 e. The molecule has 0 aliphatic carbocycles. The summed E-state index contributed by atoms with van der Waals surface area (Å²) in [6.45, 7) is 1.78. The maximum absolute atomic E-state index is 13.2. The van der Waals surface area contributed by atoms with Crippen LogP contribution in [0.2, 0.25) is 10.0 Å². The molecule has 1 N–H and O–H groups in total. The van der Waals surface area contributed by atoms with Crippen LogP contribution in [0.25, 0.3) is 0 Å². The minimum absolute atomic E-state index is 0.0385. The number of rotatable bonds is 5. The topological polar surface area (TPSA) is 118 Å². The van der Waals surface area contributed by atoms with Crippen LogP contribution in [-0.2, 0) is 29.5 Å². The summed E-state index contributed by atoms with van der Waals surface area (Å²) in [6.07, 6.45) is 0. The number of carbonyl (C=O) groups is 5. The van der Waals surface area contributed by atoms with Crippen LogP contribution in [0.1, 0.15) is 29.8 Å². The summed E-state index contributed by atoms with van der Waals surface area (Å²) >= 11 is 11.8. The molecule has 0 saturated heterocycles. The van der Waals surface area contributed by atoms with Gasteiger partial charge in [-0.05, 0) is 24.3 Å². The predicted octanol–water partition coefficient (Wildman–Crippen LogP) is 3.05. The van der Waals surface area contributed by atoms with E-state index < -0.39 is 40.8 Å². The molecule has 10 heteroatoms. The average Bonchev–Trinajstić information content (AvgIpc) is 2.67. The average molecular weight is 452 g/mol. The van der Waals surface area contributed by atoms with Gasteiger partial charge in [-0.2, -0.15) is 0 Å². The largest absolute Gasteiger partial charge is 0.478 e. The maximum atomic E-state index is 13.2. The molecule has 2 aromatic rings. The van der Waals surface area contributed by atoms with E-state index in [1.165, 1.54) is 30.3 Å². The fourth-order valence-electron chi connectivity index (χ4n) is 2.64. The number of aliphatic carboxylic acids is 1. The van der Waals surface area contributed by atoms with Crippen molar-refractivity contribution in [1.29, 1.82) is 0 Å². The van der Waals surface area contributed by atoms with Crippen LogP contribution in [0.5, 0.6) is 0 Å². The number of carboxylic acid groups (broad SMARTS) is 1. The zero-order chi connectivity index (χ0) is 22.6. The minimum Gasteiger partial charge on any atom is -0.478 e. The van der Waals surface area contributed by atoms with E-state index in [2.05, 4.69) is 0 Å². The molecular formula is C20H15Cl2NO7. The van der Waals surface area contributed by atoms with Crippen LogP contribution in [-0.4, -0.2) is 39.7 Å². The lowest BCUT2D eigenvalue weighted by molar-refractivity contribution is -0.176. The molecule has 3 amide bonds. The minimum atomic E-state index is -3.08. The molecule has 156 valence electrons. The summed E-state index contributed by atoms with van der Waals surface area (Å²) in [5, 5.41) is 9.89. The summed E-state index contributed by atoms with van der Waals surface area (Å²) in [4.78, 5) is 62.1. The second kappa shape index (κ2) is 9.06.